The molecule has 112 valence electrons. The highest BCUT2D eigenvalue weighted by atomic mass is 16.5. The van der Waals surface area contributed by atoms with Crippen LogP contribution >= 0.6 is 0 Å². The van der Waals surface area contributed by atoms with Gasteiger partial charge in [0.2, 0.25) is 0 Å². The number of benzene rings is 1. The Labute approximate surface area is 125 Å². The SMILES string of the molecule is COCCOc1ccccc1C(NN)c1cnccc1C. The molecule has 2 aromatic rings. The number of aromatic nitrogens is 1. The minimum Gasteiger partial charge on any atom is -0.491 e. The molecule has 0 aliphatic rings. The second kappa shape index (κ2) is 7.73. The first-order chi connectivity index (χ1) is 10.3. The van der Waals surface area contributed by atoms with Crippen LogP contribution in [-0.2, 0) is 4.74 Å². The van der Waals surface area contributed by atoms with Gasteiger partial charge in [-0.1, -0.05) is 18.2 Å². The van der Waals surface area contributed by atoms with Gasteiger partial charge in [0.25, 0.3) is 0 Å². The van der Waals surface area contributed by atoms with Crippen LogP contribution in [0.4, 0.5) is 0 Å². The molecule has 0 aliphatic heterocycles. The number of hydrogen-bond acceptors (Lipinski definition) is 5. The molecule has 0 saturated carbocycles. The molecule has 1 atom stereocenters. The van der Waals surface area contributed by atoms with Crippen molar-refractivity contribution >= 4 is 0 Å². The maximum Gasteiger partial charge on any atom is 0.124 e. The zero-order valence-electron chi connectivity index (χ0n) is 12.4. The van der Waals surface area contributed by atoms with E-state index in [1.807, 2.05) is 43.5 Å². The van der Waals surface area contributed by atoms with E-state index in [1.54, 1.807) is 13.3 Å². The summed E-state index contributed by atoms with van der Waals surface area (Å²) in [5.74, 6) is 6.56. The lowest BCUT2D eigenvalue weighted by atomic mass is 9.96. The molecule has 0 bridgehead atoms. The van der Waals surface area contributed by atoms with Crippen molar-refractivity contribution in [2.75, 3.05) is 20.3 Å². The van der Waals surface area contributed by atoms with Gasteiger partial charge in [-0.05, 0) is 30.2 Å². The molecule has 21 heavy (non-hydrogen) atoms. The zero-order chi connectivity index (χ0) is 15.1. The summed E-state index contributed by atoms with van der Waals surface area (Å²) in [5, 5.41) is 0. The molecule has 1 aromatic carbocycles. The number of hydrogen-bond donors (Lipinski definition) is 2. The highest BCUT2D eigenvalue weighted by Crippen LogP contribution is 2.30. The Morgan fingerprint density at radius 1 is 1.19 bits per heavy atom. The summed E-state index contributed by atoms with van der Waals surface area (Å²) in [7, 11) is 1.65. The van der Waals surface area contributed by atoms with Crippen LogP contribution in [0, 0.1) is 6.92 Å². The van der Waals surface area contributed by atoms with E-state index >= 15 is 0 Å². The smallest absolute Gasteiger partial charge is 0.124 e. The van der Waals surface area contributed by atoms with E-state index in [1.165, 1.54) is 0 Å². The van der Waals surface area contributed by atoms with Crippen LogP contribution < -0.4 is 16.0 Å². The van der Waals surface area contributed by atoms with E-state index in [9.17, 15) is 0 Å². The summed E-state index contributed by atoms with van der Waals surface area (Å²) in [6.45, 7) is 3.08. The number of aryl methyl sites for hydroxylation is 1. The molecule has 0 fully saturated rings. The fraction of sp³-hybridized carbons (Fsp3) is 0.312. The minimum absolute atomic E-state index is 0.169. The topological polar surface area (TPSA) is 69.4 Å². The van der Waals surface area contributed by atoms with Gasteiger partial charge in [0.1, 0.15) is 12.4 Å². The number of methoxy groups -OCH3 is 1. The molecule has 1 unspecified atom stereocenters. The molecular formula is C16H21N3O2. The molecule has 0 amide bonds. The van der Waals surface area contributed by atoms with Crippen LogP contribution in [0.2, 0.25) is 0 Å². The van der Waals surface area contributed by atoms with E-state index in [2.05, 4.69) is 10.4 Å². The average Bonchev–Trinajstić information content (AvgIpc) is 2.51. The summed E-state index contributed by atoms with van der Waals surface area (Å²) in [6.07, 6.45) is 3.60. The number of hydrazine groups is 1. The quantitative estimate of drug-likeness (QED) is 0.463. The molecule has 2 rings (SSSR count). The van der Waals surface area contributed by atoms with E-state index in [0.29, 0.717) is 13.2 Å². The first-order valence-corrected chi connectivity index (χ1v) is 6.85. The fourth-order valence-corrected chi connectivity index (χ4v) is 2.21. The van der Waals surface area contributed by atoms with Gasteiger partial charge in [-0.3, -0.25) is 10.8 Å². The highest BCUT2D eigenvalue weighted by molar-refractivity contribution is 5.42. The van der Waals surface area contributed by atoms with Crippen molar-refractivity contribution in [1.82, 2.24) is 10.4 Å². The normalized spacial score (nSPS) is 12.1. The van der Waals surface area contributed by atoms with Crippen molar-refractivity contribution in [3.63, 3.8) is 0 Å². The van der Waals surface area contributed by atoms with Crippen LogP contribution in [0.3, 0.4) is 0 Å². The molecule has 0 spiro atoms. The number of nitrogens with two attached hydrogens (primary N) is 1. The van der Waals surface area contributed by atoms with Crippen molar-refractivity contribution in [3.05, 3.63) is 59.4 Å². The largest absolute Gasteiger partial charge is 0.491 e. The molecule has 0 saturated heterocycles. The van der Waals surface area contributed by atoms with Crippen LogP contribution in [-0.4, -0.2) is 25.3 Å². The maximum atomic E-state index is 5.78. The predicted molar refractivity (Wildman–Crippen MR) is 82.0 cm³/mol. The van der Waals surface area contributed by atoms with Crippen LogP contribution in [0.15, 0.2) is 42.7 Å². The summed E-state index contributed by atoms with van der Waals surface area (Å²) >= 11 is 0. The summed E-state index contributed by atoms with van der Waals surface area (Å²) in [5.41, 5.74) is 5.99. The Bertz CT molecular complexity index is 575. The first-order valence-electron chi connectivity index (χ1n) is 6.85. The summed E-state index contributed by atoms with van der Waals surface area (Å²) in [6, 6.07) is 9.63. The number of rotatable bonds is 7. The fourth-order valence-electron chi connectivity index (χ4n) is 2.21. The Balaban J connectivity index is 2.32. The lowest BCUT2D eigenvalue weighted by Gasteiger charge is -2.21. The lowest BCUT2D eigenvalue weighted by Crippen LogP contribution is -2.30. The van der Waals surface area contributed by atoms with Gasteiger partial charge in [-0.15, -0.1) is 0 Å². The summed E-state index contributed by atoms with van der Waals surface area (Å²) in [4.78, 5) is 4.19. The highest BCUT2D eigenvalue weighted by Gasteiger charge is 2.18. The number of nitrogens with one attached hydrogen (secondary N) is 1. The summed E-state index contributed by atoms with van der Waals surface area (Å²) < 4.78 is 10.8. The zero-order valence-corrected chi connectivity index (χ0v) is 12.4. The van der Waals surface area contributed by atoms with Gasteiger partial charge in [0.05, 0.1) is 12.6 Å². The minimum atomic E-state index is -0.169. The maximum absolute atomic E-state index is 5.78. The van der Waals surface area contributed by atoms with Crippen molar-refractivity contribution in [2.24, 2.45) is 5.84 Å². The first kappa shape index (κ1) is 15.4. The Hall–Kier alpha value is -1.95. The van der Waals surface area contributed by atoms with Gasteiger partial charge < -0.3 is 9.47 Å². The molecule has 3 N–H and O–H groups in total. The number of para-hydroxylation sites is 1. The van der Waals surface area contributed by atoms with E-state index in [-0.39, 0.29) is 6.04 Å². The molecule has 1 aromatic heterocycles. The molecule has 1 heterocycles. The average molecular weight is 287 g/mol. The van der Waals surface area contributed by atoms with E-state index in [0.717, 1.165) is 22.4 Å². The van der Waals surface area contributed by atoms with Crippen LogP contribution in [0.5, 0.6) is 5.75 Å². The van der Waals surface area contributed by atoms with Crippen LogP contribution in [0.25, 0.3) is 0 Å². The van der Waals surface area contributed by atoms with Gasteiger partial charge in [0, 0.05) is 25.1 Å². The Morgan fingerprint density at radius 3 is 2.71 bits per heavy atom. The third kappa shape index (κ3) is 3.78. The predicted octanol–water partition coefficient (Wildman–Crippen LogP) is 1.97. The second-order valence-electron chi connectivity index (χ2n) is 4.71. The monoisotopic (exact) mass is 287 g/mol. The number of pyridine rings is 1. The molecular weight excluding hydrogens is 266 g/mol. The number of ether oxygens (including phenoxy) is 2. The number of nitrogens with zero attached hydrogens (tertiary/aromatic N) is 1. The Kier molecular flexibility index (Phi) is 5.68. The second-order valence-corrected chi connectivity index (χ2v) is 4.71. The lowest BCUT2D eigenvalue weighted by molar-refractivity contribution is 0.145. The van der Waals surface area contributed by atoms with Crippen molar-refractivity contribution in [1.29, 1.82) is 0 Å². The molecule has 0 aliphatic carbocycles. The van der Waals surface area contributed by atoms with Gasteiger partial charge in [-0.25, -0.2) is 5.43 Å². The third-order valence-corrected chi connectivity index (χ3v) is 3.33. The molecule has 0 radical (unpaired) electrons. The van der Waals surface area contributed by atoms with Crippen molar-refractivity contribution < 1.29 is 9.47 Å². The van der Waals surface area contributed by atoms with E-state index < -0.39 is 0 Å². The Morgan fingerprint density at radius 2 is 2.00 bits per heavy atom. The van der Waals surface area contributed by atoms with Crippen LogP contribution in [0.1, 0.15) is 22.7 Å². The van der Waals surface area contributed by atoms with Gasteiger partial charge >= 0.3 is 0 Å². The molecule has 5 nitrogen and oxygen atoms in total. The van der Waals surface area contributed by atoms with Gasteiger partial charge in [-0.2, -0.15) is 0 Å². The standard InChI is InChI=1S/C16H21N3O2/c1-12-7-8-18-11-14(12)16(19-17)13-5-3-4-6-15(13)21-10-9-20-2/h3-8,11,16,19H,9-10,17H2,1-2H3. The van der Waals surface area contributed by atoms with Crippen molar-refractivity contribution in [3.8, 4) is 5.75 Å². The van der Waals surface area contributed by atoms with E-state index in [4.69, 9.17) is 15.3 Å². The third-order valence-electron chi connectivity index (χ3n) is 3.33. The van der Waals surface area contributed by atoms with Gasteiger partial charge in [0.15, 0.2) is 0 Å². The molecule has 5 heteroatoms. The van der Waals surface area contributed by atoms with Crippen molar-refractivity contribution in [2.45, 2.75) is 13.0 Å².